The van der Waals surface area contributed by atoms with Crippen molar-refractivity contribution in [3.63, 3.8) is 0 Å². The van der Waals surface area contributed by atoms with Crippen LogP contribution in [-0.4, -0.2) is 28.4 Å². The van der Waals surface area contributed by atoms with Gasteiger partial charge in [0.1, 0.15) is 11.2 Å². The van der Waals surface area contributed by atoms with Gasteiger partial charge in [0.2, 0.25) is 0 Å². The number of aromatic nitrogens is 1. The van der Waals surface area contributed by atoms with Crippen LogP contribution in [0, 0.1) is 0 Å². The zero-order valence-corrected chi connectivity index (χ0v) is 15.4. The molecule has 1 aromatic heterocycles. The zero-order valence-electron chi connectivity index (χ0n) is 13.9. The molecule has 0 saturated heterocycles. The molecular weight excluding hydrogens is 343 g/mol. The molecule has 0 aliphatic rings. The average molecular weight is 363 g/mol. The van der Waals surface area contributed by atoms with Crippen molar-refractivity contribution in [1.82, 2.24) is 4.98 Å². The van der Waals surface area contributed by atoms with Crippen LogP contribution in [0.25, 0.3) is 0 Å². The fourth-order valence-corrected chi connectivity index (χ4v) is 2.02. The first-order chi connectivity index (χ1) is 10.3. The Hall–Kier alpha value is -1.53. The van der Waals surface area contributed by atoms with Gasteiger partial charge in [-0.2, -0.15) is 4.90 Å². The lowest BCUT2D eigenvalue weighted by atomic mass is 10.2. The van der Waals surface area contributed by atoms with E-state index >= 15 is 0 Å². The van der Waals surface area contributed by atoms with E-state index in [0.717, 1.165) is 0 Å². The fraction of sp³-hybridized carbons (Fsp3) is 0.533. The summed E-state index contributed by atoms with van der Waals surface area (Å²) in [5, 5.41) is 0.0448. The summed E-state index contributed by atoms with van der Waals surface area (Å²) in [7, 11) is 0. The normalized spacial score (nSPS) is 11.8. The molecule has 0 aromatic carbocycles. The summed E-state index contributed by atoms with van der Waals surface area (Å²) >= 11 is 12.1. The minimum absolute atomic E-state index is 0.0224. The molecule has 1 heterocycles. The first-order valence-corrected chi connectivity index (χ1v) is 7.62. The number of halogens is 2. The van der Waals surface area contributed by atoms with E-state index in [1.54, 1.807) is 41.5 Å². The van der Waals surface area contributed by atoms with Crippen LogP contribution in [0.5, 0.6) is 0 Å². The van der Waals surface area contributed by atoms with Gasteiger partial charge in [-0.1, -0.05) is 23.2 Å². The summed E-state index contributed by atoms with van der Waals surface area (Å²) in [6, 6.07) is 0. The van der Waals surface area contributed by atoms with E-state index in [9.17, 15) is 9.59 Å². The van der Waals surface area contributed by atoms with Crippen LogP contribution >= 0.6 is 23.2 Å². The number of ether oxygens (including phenoxy) is 2. The third-order valence-electron chi connectivity index (χ3n) is 2.20. The molecule has 128 valence electrons. The summed E-state index contributed by atoms with van der Waals surface area (Å²) in [5.74, 6) is 0. The van der Waals surface area contributed by atoms with Crippen molar-refractivity contribution >= 4 is 41.1 Å². The summed E-state index contributed by atoms with van der Waals surface area (Å²) in [6.07, 6.45) is 0.651. The number of hydrogen-bond acceptors (Lipinski definition) is 5. The lowest BCUT2D eigenvalue weighted by molar-refractivity contribution is 0.0431. The van der Waals surface area contributed by atoms with Gasteiger partial charge < -0.3 is 9.47 Å². The van der Waals surface area contributed by atoms with Crippen LogP contribution in [0.1, 0.15) is 41.5 Å². The molecule has 0 radical (unpaired) electrons. The molecule has 0 unspecified atom stereocenters. The first kappa shape index (κ1) is 19.5. The molecule has 1 rings (SSSR count). The van der Waals surface area contributed by atoms with Crippen molar-refractivity contribution in [1.29, 1.82) is 0 Å². The Bertz CT molecular complexity index is 558. The van der Waals surface area contributed by atoms with Gasteiger partial charge in [0.15, 0.2) is 0 Å². The van der Waals surface area contributed by atoms with Crippen LogP contribution in [-0.2, 0) is 9.47 Å². The second-order valence-corrected chi connectivity index (χ2v) is 7.56. The lowest BCUT2D eigenvalue weighted by Gasteiger charge is -2.29. The Morgan fingerprint density at radius 2 is 1.26 bits per heavy atom. The van der Waals surface area contributed by atoms with Crippen molar-refractivity contribution in [3.05, 3.63) is 22.4 Å². The van der Waals surface area contributed by atoms with Gasteiger partial charge in [0.25, 0.3) is 0 Å². The molecule has 0 saturated carbocycles. The molecule has 0 atom stereocenters. The Morgan fingerprint density at radius 3 is 1.57 bits per heavy atom. The Kier molecular flexibility index (Phi) is 5.88. The Labute approximate surface area is 145 Å². The highest BCUT2D eigenvalue weighted by Crippen LogP contribution is 2.34. The van der Waals surface area contributed by atoms with Gasteiger partial charge in [0, 0.05) is 12.4 Å². The van der Waals surface area contributed by atoms with Gasteiger partial charge in [-0.05, 0) is 41.5 Å². The summed E-state index contributed by atoms with van der Waals surface area (Å²) in [4.78, 5) is 29.4. The number of carbonyl (C=O) groups excluding carboxylic acids is 2. The SMILES string of the molecule is CC(C)(C)OC(=O)N(C(=O)OC(C)(C)C)c1c(Cl)cncc1Cl. The maximum atomic E-state index is 12.5. The van der Waals surface area contributed by atoms with E-state index in [1.807, 2.05) is 0 Å². The van der Waals surface area contributed by atoms with E-state index in [-0.39, 0.29) is 15.7 Å². The second-order valence-electron chi connectivity index (χ2n) is 6.75. The number of anilines is 1. The number of rotatable bonds is 1. The minimum Gasteiger partial charge on any atom is -0.443 e. The largest absolute Gasteiger partial charge is 0.443 e. The van der Waals surface area contributed by atoms with E-state index in [1.165, 1.54) is 12.4 Å². The van der Waals surface area contributed by atoms with Crippen molar-refractivity contribution in [2.24, 2.45) is 0 Å². The maximum Gasteiger partial charge on any atom is 0.424 e. The molecule has 0 N–H and O–H groups in total. The summed E-state index contributed by atoms with van der Waals surface area (Å²) < 4.78 is 10.5. The maximum absolute atomic E-state index is 12.5. The third-order valence-corrected chi connectivity index (χ3v) is 2.76. The molecule has 0 spiro atoms. The number of imide groups is 1. The van der Waals surface area contributed by atoms with Gasteiger partial charge >= 0.3 is 12.2 Å². The van der Waals surface area contributed by atoms with E-state index in [0.29, 0.717) is 4.90 Å². The molecule has 6 nitrogen and oxygen atoms in total. The smallest absolute Gasteiger partial charge is 0.424 e. The standard InChI is InChI=1S/C15H20Cl2N2O4/c1-14(2,3)22-12(20)19(13(21)23-15(4,5)6)11-9(16)7-18-8-10(11)17/h7-8H,1-6H3. The number of carbonyl (C=O) groups is 2. The second kappa shape index (κ2) is 6.93. The predicted octanol–water partition coefficient (Wildman–Crippen LogP) is 5.07. The highest BCUT2D eigenvalue weighted by molar-refractivity contribution is 6.40. The number of amides is 2. The van der Waals surface area contributed by atoms with E-state index < -0.39 is 23.4 Å². The highest BCUT2D eigenvalue weighted by Gasteiger charge is 2.35. The van der Waals surface area contributed by atoms with Crippen molar-refractivity contribution < 1.29 is 19.1 Å². The van der Waals surface area contributed by atoms with E-state index in [4.69, 9.17) is 32.7 Å². The van der Waals surface area contributed by atoms with Gasteiger partial charge in [0.05, 0.1) is 15.7 Å². The molecule has 8 heteroatoms. The van der Waals surface area contributed by atoms with Crippen LogP contribution in [0.3, 0.4) is 0 Å². The van der Waals surface area contributed by atoms with Crippen molar-refractivity contribution in [2.75, 3.05) is 4.90 Å². The quantitative estimate of drug-likeness (QED) is 0.697. The molecule has 0 bridgehead atoms. The molecule has 0 aliphatic carbocycles. The lowest BCUT2D eigenvalue weighted by Crippen LogP contribution is -2.44. The number of pyridine rings is 1. The predicted molar refractivity (Wildman–Crippen MR) is 89.2 cm³/mol. The van der Waals surface area contributed by atoms with Crippen LogP contribution in [0.4, 0.5) is 15.3 Å². The molecule has 0 aliphatic heterocycles. The number of nitrogens with zero attached hydrogens (tertiary/aromatic N) is 2. The molecular formula is C15H20Cl2N2O4. The first-order valence-electron chi connectivity index (χ1n) is 6.87. The highest BCUT2D eigenvalue weighted by atomic mass is 35.5. The Balaban J connectivity index is 3.32. The van der Waals surface area contributed by atoms with Crippen LogP contribution in [0.2, 0.25) is 10.0 Å². The summed E-state index contributed by atoms with van der Waals surface area (Å²) in [5.41, 5.74) is -1.67. The van der Waals surface area contributed by atoms with Gasteiger partial charge in [-0.25, -0.2) is 9.59 Å². The molecule has 0 fully saturated rings. The monoisotopic (exact) mass is 362 g/mol. The van der Waals surface area contributed by atoms with Gasteiger partial charge in [-0.3, -0.25) is 4.98 Å². The topological polar surface area (TPSA) is 68.7 Å². The Morgan fingerprint density at radius 1 is 0.913 bits per heavy atom. The van der Waals surface area contributed by atoms with E-state index in [2.05, 4.69) is 4.98 Å². The molecule has 23 heavy (non-hydrogen) atoms. The minimum atomic E-state index is -0.943. The third kappa shape index (κ3) is 5.88. The molecule has 2 amide bonds. The van der Waals surface area contributed by atoms with Gasteiger partial charge in [-0.15, -0.1) is 0 Å². The van der Waals surface area contributed by atoms with Crippen molar-refractivity contribution in [3.8, 4) is 0 Å². The zero-order chi connectivity index (χ0) is 18.0. The summed E-state index contributed by atoms with van der Waals surface area (Å²) in [6.45, 7) is 10.0. The fourth-order valence-electron chi connectivity index (χ4n) is 1.49. The average Bonchev–Trinajstić information content (AvgIpc) is 2.28. The number of hydrogen-bond donors (Lipinski definition) is 0. The molecule has 1 aromatic rings. The van der Waals surface area contributed by atoms with Crippen molar-refractivity contribution in [2.45, 2.75) is 52.7 Å². The van der Waals surface area contributed by atoms with Crippen LogP contribution < -0.4 is 4.90 Å². The van der Waals surface area contributed by atoms with Crippen LogP contribution in [0.15, 0.2) is 12.4 Å².